The normalized spacial score (nSPS) is 12.3. The van der Waals surface area contributed by atoms with E-state index >= 15 is 0 Å². The van der Waals surface area contributed by atoms with E-state index in [1.54, 1.807) is 0 Å². The summed E-state index contributed by atoms with van der Waals surface area (Å²) < 4.78 is 42.4. The molecule has 0 aromatic heterocycles. The maximum Gasteiger partial charge on any atom is 0.416 e. The van der Waals surface area contributed by atoms with Crippen LogP contribution >= 0.6 is 0 Å². The van der Waals surface area contributed by atoms with Gasteiger partial charge in [-0.3, -0.25) is 4.99 Å². The number of unbranched alkanes of at least 4 members (excludes halogenated alkanes) is 1. The SMILES string of the molecule is CCCCN=C(N)NCCOc1ccc(C(F)(F)F)cc1. The molecule has 7 heteroatoms. The lowest BCUT2D eigenvalue weighted by Crippen LogP contribution is -2.34. The van der Waals surface area contributed by atoms with Crippen molar-refractivity contribution in [2.24, 2.45) is 10.7 Å². The van der Waals surface area contributed by atoms with Gasteiger partial charge < -0.3 is 15.8 Å². The Morgan fingerprint density at radius 2 is 1.95 bits per heavy atom. The summed E-state index contributed by atoms with van der Waals surface area (Å²) in [5.41, 5.74) is 4.93. The molecule has 0 saturated carbocycles. The molecule has 0 unspecified atom stereocenters. The van der Waals surface area contributed by atoms with Crippen LogP contribution in [0.5, 0.6) is 5.75 Å². The molecule has 0 aliphatic heterocycles. The number of halogens is 3. The fourth-order valence-electron chi connectivity index (χ4n) is 1.50. The Balaban J connectivity index is 2.28. The van der Waals surface area contributed by atoms with Gasteiger partial charge in [-0.15, -0.1) is 0 Å². The molecule has 1 aromatic rings. The van der Waals surface area contributed by atoms with Crippen molar-refractivity contribution >= 4 is 5.96 Å². The van der Waals surface area contributed by atoms with Crippen molar-refractivity contribution < 1.29 is 17.9 Å². The maximum atomic E-state index is 12.4. The van der Waals surface area contributed by atoms with Crippen molar-refractivity contribution in [1.82, 2.24) is 5.32 Å². The van der Waals surface area contributed by atoms with Crippen LogP contribution in [0.1, 0.15) is 25.3 Å². The zero-order valence-corrected chi connectivity index (χ0v) is 11.9. The van der Waals surface area contributed by atoms with Crippen LogP contribution in [-0.4, -0.2) is 25.7 Å². The Morgan fingerprint density at radius 3 is 2.52 bits per heavy atom. The monoisotopic (exact) mass is 303 g/mol. The van der Waals surface area contributed by atoms with Gasteiger partial charge in [-0.2, -0.15) is 13.2 Å². The predicted octanol–water partition coefficient (Wildman–Crippen LogP) is 2.79. The summed E-state index contributed by atoms with van der Waals surface area (Å²) in [6.07, 6.45) is -2.30. The zero-order valence-electron chi connectivity index (χ0n) is 11.9. The molecule has 0 heterocycles. The number of nitrogens with one attached hydrogen (secondary N) is 1. The van der Waals surface area contributed by atoms with Crippen molar-refractivity contribution in [2.75, 3.05) is 19.7 Å². The van der Waals surface area contributed by atoms with E-state index in [4.69, 9.17) is 10.5 Å². The third kappa shape index (κ3) is 6.87. The predicted molar refractivity (Wildman–Crippen MR) is 76.3 cm³/mol. The Morgan fingerprint density at radius 1 is 1.29 bits per heavy atom. The minimum Gasteiger partial charge on any atom is -0.492 e. The van der Waals surface area contributed by atoms with Crippen molar-refractivity contribution in [3.05, 3.63) is 29.8 Å². The molecular weight excluding hydrogens is 283 g/mol. The fourth-order valence-corrected chi connectivity index (χ4v) is 1.50. The van der Waals surface area contributed by atoms with E-state index in [2.05, 4.69) is 17.2 Å². The molecular formula is C14H20F3N3O. The summed E-state index contributed by atoms with van der Waals surface area (Å²) in [4.78, 5) is 4.10. The Labute approximate surface area is 122 Å². The number of ether oxygens (including phenoxy) is 1. The highest BCUT2D eigenvalue weighted by Crippen LogP contribution is 2.30. The molecule has 0 aliphatic carbocycles. The summed E-state index contributed by atoms with van der Waals surface area (Å²) in [5, 5.41) is 2.87. The molecule has 3 N–H and O–H groups in total. The second kappa shape index (κ2) is 8.39. The van der Waals surface area contributed by atoms with Crippen molar-refractivity contribution in [3.63, 3.8) is 0 Å². The first kappa shape index (κ1) is 17.1. The van der Waals surface area contributed by atoms with Gasteiger partial charge in [0.25, 0.3) is 0 Å². The minimum absolute atomic E-state index is 0.287. The number of nitrogens with zero attached hydrogens (tertiary/aromatic N) is 1. The smallest absolute Gasteiger partial charge is 0.416 e. The van der Waals surface area contributed by atoms with Crippen LogP contribution in [-0.2, 0) is 6.18 Å². The molecule has 0 spiro atoms. The Kier molecular flexibility index (Phi) is 6.84. The number of hydrogen-bond acceptors (Lipinski definition) is 2. The van der Waals surface area contributed by atoms with Gasteiger partial charge in [0.2, 0.25) is 0 Å². The molecule has 1 aromatic carbocycles. The van der Waals surface area contributed by atoms with Crippen LogP contribution in [0.2, 0.25) is 0 Å². The molecule has 0 aliphatic rings. The highest BCUT2D eigenvalue weighted by molar-refractivity contribution is 5.77. The summed E-state index contributed by atoms with van der Waals surface area (Å²) >= 11 is 0. The van der Waals surface area contributed by atoms with E-state index in [1.807, 2.05) is 0 Å². The average molecular weight is 303 g/mol. The van der Waals surface area contributed by atoms with Crippen LogP contribution in [0.15, 0.2) is 29.3 Å². The van der Waals surface area contributed by atoms with Crippen molar-refractivity contribution in [2.45, 2.75) is 25.9 Å². The lowest BCUT2D eigenvalue weighted by atomic mass is 10.2. The second-order valence-electron chi connectivity index (χ2n) is 4.42. The highest BCUT2D eigenvalue weighted by atomic mass is 19.4. The summed E-state index contributed by atoms with van der Waals surface area (Å²) in [7, 11) is 0. The van der Waals surface area contributed by atoms with Crippen LogP contribution in [0.4, 0.5) is 13.2 Å². The first-order chi connectivity index (χ1) is 9.93. The number of hydrogen-bond donors (Lipinski definition) is 2. The Hall–Kier alpha value is -1.92. The molecule has 0 atom stereocenters. The number of alkyl halides is 3. The van der Waals surface area contributed by atoms with E-state index in [0.29, 0.717) is 24.8 Å². The molecule has 0 bridgehead atoms. The molecule has 21 heavy (non-hydrogen) atoms. The second-order valence-corrected chi connectivity index (χ2v) is 4.42. The van der Waals surface area contributed by atoms with Gasteiger partial charge >= 0.3 is 6.18 Å². The number of nitrogens with two attached hydrogens (primary N) is 1. The number of aliphatic imine (C=N–C) groups is 1. The minimum atomic E-state index is -4.33. The third-order valence-corrected chi connectivity index (χ3v) is 2.65. The van der Waals surface area contributed by atoms with Gasteiger partial charge in [0.15, 0.2) is 5.96 Å². The van der Waals surface area contributed by atoms with Gasteiger partial charge in [0.1, 0.15) is 12.4 Å². The summed E-state index contributed by atoms with van der Waals surface area (Å²) in [5.74, 6) is 0.728. The van der Waals surface area contributed by atoms with Crippen LogP contribution in [0.3, 0.4) is 0 Å². The summed E-state index contributed by atoms with van der Waals surface area (Å²) in [6, 6.07) is 4.57. The quantitative estimate of drug-likeness (QED) is 0.462. The number of rotatable bonds is 7. The van der Waals surface area contributed by atoms with Gasteiger partial charge in [0, 0.05) is 6.54 Å². The molecule has 0 fully saturated rings. The molecule has 4 nitrogen and oxygen atoms in total. The molecule has 0 amide bonds. The van der Waals surface area contributed by atoms with Gasteiger partial charge in [-0.1, -0.05) is 13.3 Å². The lowest BCUT2D eigenvalue weighted by Gasteiger charge is -2.10. The van der Waals surface area contributed by atoms with E-state index in [1.165, 1.54) is 12.1 Å². The van der Waals surface area contributed by atoms with E-state index in [9.17, 15) is 13.2 Å². The van der Waals surface area contributed by atoms with Crippen molar-refractivity contribution in [3.8, 4) is 5.75 Å². The molecule has 118 valence electrons. The van der Waals surface area contributed by atoms with Crippen molar-refractivity contribution in [1.29, 1.82) is 0 Å². The molecule has 0 radical (unpaired) electrons. The van der Waals surface area contributed by atoms with E-state index < -0.39 is 11.7 Å². The van der Waals surface area contributed by atoms with Gasteiger partial charge in [0.05, 0.1) is 12.1 Å². The first-order valence-corrected chi connectivity index (χ1v) is 6.77. The number of guanidine groups is 1. The van der Waals surface area contributed by atoms with Crippen LogP contribution in [0, 0.1) is 0 Å². The fraction of sp³-hybridized carbons (Fsp3) is 0.500. The topological polar surface area (TPSA) is 59.6 Å². The highest BCUT2D eigenvalue weighted by Gasteiger charge is 2.29. The Bertz CT molecular complexity index is 444. The first-order valence-electron chi connectivity index (χ1n) is 6.77. The van der Waals surface area contributed by atoms with Gasteiger partial charge in [-0.05, 0) is 30.7 Å². The van der Waals surface area contributed by atoms with Crippen LogP contribution in [0.25, 0.3) is 0 Å². The zero-order chi connectivity index (χ0) is 15.7. The van der Waals surface area contributed by atoms with Crippen LogP contribution < -0.4 is 15.8 Å². The summed E-state index contributed by atoms with van der Waals surface area (Å²) in [6.45, 7) is 3.46. The number of benzene rings is 1. The van der Waals surface area contributed by atoms with Gasteiger partial charge in [-0.25, -0.2) is 0 Å². The lowest BCUT2D eigenvalue weighted by molar-refractivity contribution is -0.137. The van der Waals surface area contributed by atoms with E-state index in [-0.39, 0.29) is 6.61 Å². The third-order valence-electron chi connectivity index (χ3n) is 2.65. The average Bonchev–Trinajstić information content (AvgIpc) is 2.43. The largest absolute Gasteiger partial charge is 0.492 e. The standard InChI is InChI=1S/C14H20F3N3O/c1-2-3-8-19-13(18)20-9-10-21-12-6-4-11(5-7-12)14(15,16)17/h4-7H,2-3,8-10H2,1H3,(H3,18,19,20). The molecule has 1 rings (SSSR count). The van der Waals surface area contributed by atoms with E-state index in [0.717, 1.165) is 25.0 Å². The molecule has 0 saturated heterocycles. The maximum absolute atomic E-state index is 12.4.